The van der Waals surface area contributed by atoms with Crippen molar-refractivity contribution in [1.82, 2.24) is 15.1 Å². The van der Waals surface area contributed by atoms with E-state index in [0.717, 1.165) is 0 Å². The highest BCUT2D eigenvalue weighted by atomic mass is 35.5. The van der Waals surface area contributed by atoms with Gasteiger partial charge >= 0.3 is 7.12 Å². The van der Waals surface area contributed by atoms with Crippen LogP contribution in [0.15, 0.2) is 54.6 Å². The van der Waals surface area contributed by atoms with Crippen molar-refractivity contribution in [2.75, 3.05) is 18.5 Å². The van der Waals surface area contributed by atoms with E-state index in [9.17, 15) is 9.59 Å². The van der Waals surface area contributed by atoms with Gasteiger partial charge in [0, 0.05) is 12.6 Å². The first-order chi connectivity index (χ1) is 19.9. The van der Waals surface area contributed by atoms with Crippen LogP contribution in [-0.4, -0.2) is 61.4 Å². The van der Waals surface area contributed by atoms with Crippen LogP contribution in [0.1, 0.15) is 69.3 Å². The molecule has 2 N–H and O–H groups in total. The molecule has 12 heteroatoms. The number of rotatable bonds is 9. The summed E-state index contributed by atoms with van der Waals surface area (Å²) in [7, 11) is -2.59. The van der Waals surface area contributed by atoms with E-state index in [4.69, 9.17) is 25.3 Å². The lowest BCUT2D eigenvalue weighted by Gasteiger charge is -2.36. The number of para-hydroxylation sites is 1. The topological polar surface area (TPSA) is 104 Å². The zero-order valence-corrected chi connectivity index (χ0v) is 28.3. The molecule has 4 rings (SSSR count). The number of anilines is 1. The number of hydrogen-bond donors (Lipinski definition) is 2. The Morgan fingerprint density at radius 1 is 1.00 bits per heavy atom. The molecule has 1 aliphatic rings. The monoisotopic (exact) mass is 624 g/mol. The summed E-state index contributed by atoms with van der Waals surface area (Å²) in [5.41, 5.74) is 0.679. The quantitative estimate of drug-likeness (QED) is 0.229. The van der Waals surface area contributed by atoms with E-state index >= 15 is 0 Å². The summed E-state index contributed by atoms with van der Waals surface area (Å²) in [6, 6.07) is 15.9. The van der Waals surface area contributed by atoms with Gasteiger partial charge in [-0.05, 0) is 75.6 Å². The molecule has 0 aliphatic carbocycles. The van der Waals surface area contributed by atoms with Crippen molar-refractivity contribution in [2.45, 2.75) is 77.8 Å². The second kappa shape index (κ2) is 12.2. The molecule has 0 atom stereocenters. The summed E-state index contributed by atoms with van der Waals surface area (Å²) in [4.78, 5) is 26.7. The van der Waals surface area contributed by atoms with Crippen molar-refractivity contribution in [3.8, 4) is 5.69 Å². The highest BCUT2D eigenvalue weighted by Gasteiger charge is 2.51. The van der Waals surface area contributed by atoms with Gasteiger partial charge in [0.25, 0.3) is 11.8 Å². The van der Waals surface area contributed by atoms with Crippen LogP contribution >= 0.6 is 11.6 Å². The van der Waals surface area contributed by atoms with Gasteiger partial charge in [-0.15, -0.1) is 0 Å². The van der Waals surface area contributed by atoms with E-state index < -0.39 is 32.5 Å². The molecular formula is C31H42BClN4O5Si. The molecule has 0 saturated carbocycles. The lowest BCUT2D eigenvalue weighted by molar-refractivity contribution is 0.00578. The smallest absolute Gasteiger partial charge is 0.415 e. The Morgan fingerprint density at radius 3 is 2.23 bits per heavy atom. The van der Waals surface area contributed by atoms with Crippen LogP contribution in [0.4, 0.5) is 5.82 Å². The number of benzene rings is 2. The standard InChI is InChI=1S/C31H42BClN4O5Si/c1-29(2,3)43(8,9)40-18-17-34-28(39)25-20-26(37(36-25)22-13-11-10-12-14-22)35-27(38)23-19-21(15-16-24(23)33)32-41-30(4,5)31(6,7)42-32/h10-16,19-20H,17-18H2,1-9H3,(H,34,39)(H,35,38). The second-order valence-corrected chi connectivity index (χ2v) is 18.5. The Kier molecular flexibility index (Phi) is 9.35. The minimum Gasteiger partial charge on any atom is -0.415 e. The van der Waals surface area contributed by atoms with Gasteiger partial charge in [0.05, 0.1) is 34.1 Å². The zero-order chi connectivity index (χ0) is 31.8. The number of carbonyl (C=O) groups is 2. The number of carbonyl (C=O) groups excluding carboxylic acids is 2. The van der Waals surface area contributed by atoms with E-state index in [1.807, 2.05) is 58.0 Å². The first kappa shape index (κ1) is 32.9. The Bertz CT molecular complexity index is 1470. The van der Waals surface area contributed by atoms with Crippen LogP contribution in [0.5, 0.6) is 0 Å². The lowest BCUT2D eigenvalue weighted by Crippen LogP contribution is -2.42. The molecule has 0 unspecified atom stereocenters. The van der Waals surface area contributed by atoms with Gasteiger partial charge in [-0.25, -0.2) is 4.68 Å². The molecule has 1 fully saturated rings. The van der Waals surface area contributed by atoms with Crippen LogP contribution in [0.25, 0.3) is 5.69 Å². The van der Waals surface area contributed by atoms with Crippen molar-refractivity contribution in [1.29, 1.82) is 0 Å². The summed E-state index contributed by atoms with van der Waals surface area (Å²) in [6.07, 6.45) is 0. The molecule has 2 amide bonds. The summed E-state index contributed by atoms with van der Waals surface area (Å²) in [5.74, 6) is -0.518. The van der Waals surface area contributed by atoms with E-state index in [1.165, 1.54) is 4.68 Å². The van der Waals surface area contributed by atoms with E-state index in [-0.39, 0.29) is 27.2 Å². The molecule has 1 saturated heterocycles. The van der Waals surface area contributed by atoms with Crippen LogP contribution in [-0.2, 0) is 13.7 Å². The first-order valence-electron chi connectivity index (χ1n) is 14.5. The van der Waals surface area contributed by atoms with Gasteiger partial charge in [-0.3, -0.25) is 9.59 Å². The maximum Gasteiger partial charge on any atom is 0.494 e. The SMILES string of the molecule is CC1(C)OB(c2ccc(Cl)c(C(=O)Nc3cc(C(=O)NCCO[Si](C)(C)C(C)(C)C)nn3-c3ccccc3)c2)OC1(C)C. The third-order valence-electron chi connectivity index (χ3n) is 8.60. The molecule has 2 heterocycles. The Morgan fingerprint density at radius 2 is 1.63 bits per heavy atom. The molecule has 1 aromatic heterocycles. The summed E-state index contributed by atoms with van der Waals surface area (Å²) in [5, 5.41) is 10.6. The Balaban J connectivity index is 1.54. The fraction of sp³-hybridized carbons (Fsp3) is 0.452. The van der Waals surface area contributed by atoms with Gasteiger partial charge in [0.15, 0.2) is 14.0 Å². The number of hydrogen-bond acceptors (Lipinski definition) is 6. The molecule has 43 heavy (non-hydrogen) atoms. The maximum atomic E-state index is 13.6. The van der Waals surface area contributed by atoms with Gasteiger partial charge in [0.2, 0.25) is 0 Å². The highest BCUT2D eigenvalue weighted by molar-refractivity contribution is 6.74. The molecule has 1 aliphatic heterocycles. The van der Waals surface area contributed by atoms with E-state index in [0.29, 0.717) is 30.1 Å². The van der Waals surface area contributed by atoms with Crippen LogP contribution in [0.2, 0.25) is 23.2 Å². The van der Waals surface area contributed by atoms with Crippen molar-refractivity contribution >= 4 is 50.1 Å². The molecule has 3 aromatic rings. The highest BCUT2D eigenvalue weighted by Crippen LogP contribution is 2.37. The van der Waals surface area contributed by atoms with Crippen LogP contribution < -0.4 is 16.1 Å². The number of nitrogens with zero attached hydrogens (tertiary/aromatic N) is 2. The summed E-state index contributed by atoms with van der Waals surface area (Å²) < 4.78 is 20.0. The molecule has 2 aromatic carbocycles. The zero-order valence-electron chi connectivity index (χ0n) is 26.5. The van der Waals surface area contributed by atoms with Gasteiger partial charge in [-0.1, -0.05) is 56.6 Å². The van der Waals surface area contributed by atoms with Crippen LogP contribution in [0, 0.1) is 0 Å². The number of aromatic nitrogens is 2. The molecule has 230 valence electrons. The molecule has 0 spiro atoms. The molecule has 9 nitrogen and oxygen atoms in total. The van der Waals surface area contributed by atoms with E-state index in [2.05, 4.69) is 49.6 Å². The Labute approximate surface area is 260 Å². The fourth-order valence-electron chi connectivity index (χ4n) is 4.15. The third kappa shape index (κ3) is 7.24. The van der Waals surface area contributed by atoms with E-state index in [1.54, 1.807) is 24.3 Å². The van der Waals surface area contributed by atoms with Crippen molar-refractivity contribution in [3.05, 3.63) is 70.9 Å². The average Bonchev–Trinajstić information content (AvgIpc) is 3.43. The number of halogens is 1. The molecular weight excluding hydrogens is 583 g/mol. The summed E-state index contributed by atoms with van der Waals surface area (Å²) >= 11 is 6.48. The molecule has 0 bridgehead atoms. The van der Waals surface area contributed by atoms with Crippen LogP contribution in [0.3, 0.4) is 0 Å². The van der Waals surface area contributed by atoms with Gasteiger partial charge in [-0.2, -0.15) is 5.10 Å². The summed E-state index contributed by atoms with van der Waals surface area (Å²) in [6.45, 7) is 19.5. The van der Waals surface area contributed by atoms with Crippen molar-refractivity contribution in [2.24, 2.45) is 0 Å². The minimum absolute atomic E-state index is 0.0747. The molecule has 0 radical (unpaired) electrons. The van der Waals surface area contributed by atoms with Crippen molar-refractivity contribution < 1.29 is 23.3 Å². The number of amides is 2. The fourth-order valence-corrected chi connectivity index (χ4v) is 5.40. The normalized spacial score (nSPS) is 16.3. The maximum absolute atomic E-state index is 13.6. The first-order valence-corrected chi connectivity index (χ1v) is 17.7. The lowest BCUT2D eigenvalue weighted by atomic mass is 9.78. The predicted molar refractivity (Wildman–Crippen MR) is 174 cm³/mol. The Hall–Kier alpha value is -2.96. The third-order valence-corrected chi connectivity index (χ3v) is 13.5. The largest absolute Gasteiger partial charge is 0.494 e. The van der Waals surface area contributed by atoms with Gasteiger partial charge < -0.3 is 24.4 Å². The minimum atomic E-state index is -1.93. The average molecular weight is 625 g/mol. The predicted octanol–water partition coefficient (Wildman–Crippen LogP) is 5.83. The number of nitrogens with one attached hydrogen (secondary N) is 2. The second-order valence-electron chi connectivity index (χ2n) is 13.3. The van der Waals surface area contributed by atoms with Gasteiger partial charge in [0.1, 0.15) is 5.82 Å². The van der Waals surface area contributed by atoms with Crippen molar-refractivity contribution in [3.63, 3.8) is 0 Å².